The summed E-state index contributed by atoms with van der Waals surface area (Å²) in [6.07, 6.45) is 0.0891. The zero-order valence-corrected chi connectivity index (χ0v) is 16.7. The Labute approximate surface area is 166 Å². The first-order chi connectivity index (χ1) is 13.6. The summed E-state index contributed by atoms with van der Waals surface area (Å²) in [6.45, 7) is 6.78. The standard InChI is InChI=1S/C24H27NO3/c1-4-22(28-23-15-17(2)9-10-18(23)3)24(26)25-13-14-27-21-12-11-19-7-5-6-8-20(19)16-21/h5-12,15-16,22H,4,13-14H2,1-3H3,(H,25,26). The number of amides is 1. The van der Waals surface area contributed by atoms with E-state index in [9.17, 15) is 4.79 Å². The van der Waals surface area contributed by atoms with Gasteiger partial charge in [-0.05, 0) is 60.4 Å². The van der Waals surface area contributed by atoms with Crippen LogP contribution in [-0.4, -0.2) is 25.2 Å². The maximum atomic E-state index is 12.5. The molecule has 0 aliphatic carbocycles. The van der Waals surface area contributed by atoms with Crippen LogP contribution < -0.4 is 14.8 Å². The molecule has 1 amide bonds. The van der Waals surface area contributed by atoms with E-state index in [0.29, 0.717) is 19.6 Å². The molecule has 1 atom stereocenters. The second kappa shape index (κ2) is 9.27. The fourth-order valence-corrected chi connectivity index (χ4v) is 3.02. The number of carbonyl (C=O) groups is 1. The van der Waals surface area contributed by atoms with E-state index in [4.69, 9.17) is 9.47 Å². The van der Waals surface area contributed by atoms with Crippen molar-refractivity contribution in [1.82, 2.24) is 5.32 Å². The lowest BCUT2D eigenvalue weighted by Gasteiger charge is -2.19. The Morgan fingerprint density at radius 2 is 1.79 bits per heavy atom. The van der Waals surface area contributed by atoms with Crippen molar-refractivity contribution in [3.8, 4) is 11.5 Å². The highest BCUT2D eigenvalue weighted by Gasteiger charge is 2.18. The molecule has 0 saturated heterocycles. The zero-order valence-electron chi connectivity index (χ0n) is 16.7. The summed E-state index contributed by atoms with van der Waals surface area (Å²) in [4.78, 5) is 12.5. The molecule has 0 aliphatic heterocycles. The minimum absolute atomic E-state index is 0.120. The quantitative estimate of drug-likeness (QED) is 0.573. The molecule has 0 aliphatic rings. The molecule has 0 radical (unpaired) electrons. The van der Waals surface area contributed by atoms with Gasteiger partial charge in [0.15, 0.2) is 6.10 Å². The van der Waals surface area contributed by atoms with Crippen LogP contribution in [0.3, 0.4) is 0 Å². The van der Waals surface area contributed by atoms with Gasteiger partial charge in [0, 0.05) is 0 Å². The van der Waals surface area contributed by atoms with Gasteiger partial charge in [0.25, 0.3) is 5.91 Å². The average Bonchev–Trinajstić information content (AvgIpc) is 2.71. The van der Waals surface area contributed by atoms with Crippen molar-refractivity contribution in [2.75, 3.05) is 13.2 Å². The second-order valence-corrected chi connectivity index (χ2v) is 6.93. The third-order valence-corrected chi connectivity index (χ3v) is 4.67. The molecule has 28 heavy (non-hydrogen) atoms. The van der Waals surface area contributed by atoms with Crippen LogP contribution in [0.1, 0.15) is 24.5 Å². The van der Waals surface area contributed by atoms with Crippen molar-refractivity contribution in [2.45, 2.75) is 33.3 Å². The molecule has 3 aromatic rings. The summed E-state index contributed by atoms with van der Waals surface area (Å²) in [7, 11) is 0. The summed E-state index contributed by atoms with van der Waals surface area (Å²) in [5, 5.41) is 5.22. The molecule has 0 fully saturated rings. The highest BCUT2D eigenvalue weighted by atomic mass is 16.5. The van der Waals surface area contributed by atoms with Crippen LogP contribution in [0.5, 0.6) is 11.5 Å². The van der Waals surface area contributed by atoms with Gasteiger partial charge in [0.05, 0.1) is 6.54 Å². The molecule has 0 aromatic heterocycles. The molecule has 0 saturated carbocycles. The molecule has 1 N–H and O–H groups in total. The molecule has 0 bridgehead atoms. The third kappa shape index (κ3) is 5.03. The number of hydrogen-bond donors (Lipinski definition) is 1. The smallest absolute Gasteiger partial charge is 0.261 e. The van der Waals surface area contributed by atoms with E-state index in [2.05, 4.69) is 17.4 Å². The predicted octanol–water partition coefficient (Wildman–Crippen LogP) is 4.81. The van der Waals surface area contributed by atoms with Gasteiger partial charge in [0.1, 0.15) is 18.1 Å². The van der Waals surface area contributed by atoms with Gasteiger partial charge in [-0.15, -0.1) is 0 Å². The Bertz CT molecular complexity index is 951. The third-order valence-electron chi connectivity index (χ3n) is 4.67. The van der Waals surface area contributed by atoms with Crippen LogP contribution in [0, 0.1) is 13.8 Å². The van der Waals surface area contributed by atoms with Crippen molar-refractivity contribution >= 4 is 16.7 Å². The van der Waals surface area contributed by atoms with E-state index in [-0.39, 0.29) is 5.91 Å². The lowest BCUT2D eigenvalue weighted by molar-refractivity contribution is -0.128. The van der Waals surface area contributed by atoms with Gasteiger partial charge in [-0.1, -0.05) is 49.4 Å². The van der Waals surface area contributed by atoms with E-state index in [1.54, 1.807) is 0 Å². The Balaban J connectivity index is 1.50. The number of carbonyl (C=O) groups excluding carboxylic acids is 1. The first-order valence-corrected chi connectivity index (χ1v) is 9.70. The first-order valence-electron chi connectivity index (χ1n) is 9.70. The predicted molar refractivity (Wildman–Crippen MR) is 113 cm³/mol. The van der Waals surface area contributed by atoms with Crippen molar-refractivity contribution in [3.05, 3.63) is 71.8 Å². The molecule has 3 aromatic carbocycles. The number of hydrogen-bond acceptors (Lipinski definition) is 3. The van der Waals surface area contributed by atoms with Gasteiger partial charge in [-0.3, -0.25) is 4.79 Å². The summed E-state index contributed by atoms with van der Waals surface area (Å²) >= 11 is 0. The van der Waals surface area contributed by atoms with Crippen LogP contribution in [0.4, 0.5) is 0 Å². The molecular formula is C24H27NO3. The molecule has 0 heterocycles. The van der Waals surface area contributed by atoms with Crippen molar-refractivity contribution in [1.29, 1.82) is 0 Å². The normalized spacial score (nSPS) is 11.8. The zero-order chi connectivity index (χ0) is 19.9. The maximum Gasteiger partial charge on any atom is 0.261 e. The summed E-state index contributed by atoms with van der Waals surface area (Å²) in [5.74, 6) is 1.44. The number of rotatable bonds is 8. The minimum atomic E-state index is -0.513. The molecule has 4 nitrogen and oxygen atoms in total. The topological polar surface area (TPSA) is 47.6 Å². The van der Waals surface area contributed by atoms with Gasteiger partial charge >= 0.3 is 0 Å². The Hall–Kier alpha value is -3.01. The van der Waals surface area contributed by atoms with E-state index >= 15 is 0 Å². The number of fused-ring (bicyclic) bond motifs is 1. The highest BCUT2D eigenvalue weighted by Crippen LogP contribution is 2.22. The van der Waals surface area contributed by atoms with Gasteiger partial charge < -0.3 is 14.8 Å². The van der Waals surface area contributed by atoms with Gasteiger partial charge in [-0.25, -0.2) is 0 Å². The Morgan fingerprint density at radius 3 is 2.57 bits per heavy atom. The number of benzene rings is 3. The van der Waals surface area contributed by atoms with E-state index in [1.807, 2.05) is 69.3 Å². The average molecular weight is 377 g/mol. The van der Waals surface area contributed by atoms with E-state index in [0.717, 1.165) is 28.0 Å². The largest absolute Gasteiger partial charge is 0.492 e. The molecule has 3 rings (SSSR count). The summed E-state index contributed by atoms with van der Waals surface area (Å²) in [5.41, 5.74) is 2.14. The van der Waals surface area contributed by atoms with Gasteiger partial charge in [0.2, 0.25) is 0 Å². The van der Waals surface area contributed by atoms with Crippen molar-refractivity contribution < 1.29 is 14.3 Å². The minimum Gasteiger partial charge on any atom is -0.492 e. The summed E-state index contributed by atoms with van der Waals surface area (Å²) < 4.78 is 11.7. The van der Waals surface area contributed by atoms with Gasteiger partial charge in [-0.2, -0.15) is 0 Å². The first kappa shape index (κ1) is 19.7. The second-order valence-electron chi connectivity index (χ2n) is 6.93. The van der Waals surface area contributed by atoms with Crippen LogP contribution in [0.25, 0.3) is 10.8 Å². The maximum absolute atomic E-state index is 12.5. The Kier molecular flexibility index (Phi) is 6.53. The van der Waals surface area contributed by atoms with Crippen LogP contribution in [0.15, 0.2) is 60.7 Å². The van der Waals surface area contributed by atoms with Crippen LogP contribution in [-0.2, 0) is 4.79 Å². The fourth-order valence-electron chi connectivity index (χ4n) is 3.02. The lowest BCUT2D eigenvalue weighted by atomic mass is 10.1. The lowest BCUT2D eigenvalue weighted by Crippen LogP contribution is -2.39. The fraction of sp³-hybridized carbons (Fsp3) is 0.292. The molecule has 1 unspecified atom stereocenters. The SMILES string of the molecule is CCC(Oc1cc(C)ccc1C)C(=O)NCCOc1ccc2ccccc2c1. The summed E-state index contributed by atoms with van der Waals surface area (Å²) in [6, 6.07) is 20.2. The number of ether oxygens (including phenoxy) is 2. The monoisotopic (exact) mass is 377 g/mol. The van der Waals surface area contributed by atoms with Crippen molar-refractivity contribution in [3.63, 3.8) is 0 Å². The number of nitrogens with one attached hydrogen (secondary N) is 1. The van der Waals surface area contributed by atoms with E-state index in [1.165, 1.54) is 5.39 Å². The van der Waals surface area contributed by atoms with E-state index < -0.39 is 6.10 Å². The van der Waals surface area contributed by atoms with Crippen LogP contribution >= 0.6 is 0 Å². The Morgan fingerprint density at radius 1 is 1.00 bits per heavy atom. The molecule has 4 heteroatoms. The molecular weight excluding hydrogens is 350 g/mol. The highest BCUT2D eigenvalue weighted by molar-refractivity contribution is 5.83. The van der Waals surface area contributed by atoms with Crippen LogP contribution in [0.2, 0.25) is 0 Å². The van der Waals surface area contributed by atoms with Crippen molar-refractivity contribution in [2.24, 2.45) is 0 Å². The number of aryl methyl sites for hydroxylation is 2. The molecule has 146 valence electrons. The molecule has 0 spiro atoms.